The van der Waals surface area contributed by atoms with Crippen molar-refractivity contribution in [2.24, 2.45) is 10.9 Å². The predicted molar refractivity (Wildman–Crippen MR) is 44.9 cm³/mol. The molecule has 3 nitrogen and oxygen atoms in total. The van der Waals surface area contributed by atoms with Crippen molar-refractivity contribution in [3.05, 3.63) is 29.6 Å². The van der Waals surface area contributed by atoms with Gasteiger partial charge in [-0.1, -0.05) is 0 Å². The maximum Gasteiger partial charge on any atom is 0.573 e. The Morgan fingerprint density at radius 3 is 2.47 bits per heavy atom. The molecule has 0 fully saturated rings. The molecular weight excluding hydrogens is 216 g/mol. The van der Waals surface area contributed by atoms with Crippen LogP contribution in [0.1, 0.15) is 5.56 Å². The lowest BCUT2D eigenvalue weighted by Crippen LogP contribution is -2.17. The summed E-state index contributed by atoms with van der Waals surface area (Å²) in [6.45, 7) is 0. The van der Waals surface area contributed by atoms with E-state index in [1.165, 1.54) is 0 Å². The van der Waals surface area contributed by atoms with Gasteiger partial charge in [0.1, 0.15) is 11.6 Å². The maximum atomic E-state index is 12.8. The van der Waals surface area contributed by atoms with Gasteiger partial charge in [0, 0.05) is 11.6 Å². The van der Waals surface area contributed by atoms with Crippen LogP contribution in [0.3, 0.4) is 0 Å². The fraction of sp³-hybridized carbons (Fsp3) is 0.125. The second-order valence-electron chi connectivity index (χ2n) is 2.55. The maximum absolute atomic E-state index is 12.8. The molecule has 0 aliphatic carbocycles. The molecule has 0 radical (unpaired) electrons. The second kappa shape index (κ2) is 4.16. The number of benzene rings is 1. The quantitative estimate of drug-likeness (QED) is 0.360. The van der Waals surface area contributed by atoms with E-state index in [0.29, 0.717) is 6.07 Å². The molecule has 0 heterocycles. The molecule has 0 aliphatic heterocycles. The molecule has 0 saturated heterocycles. The summed E-state index contributed by atoms with van der Waals surface area (Å²) < 4.78 is 51.7. The third kappa shape index (κ3) is 3.84. The second-order valence-corrected chi connectivity index (χ2v) is 2.55. The Morgan fingerprint density at radius 2 is 1.93 bits per heavy atom. The molecule has 0 aromatic heterocycles. The van der Waals surface area contributed by atoms with Gasteiger partial charge >= 0.3 is 6.36 Å². The van der Waals surface area contributed by atoms with E-state index < -0.39 is 17.9 Å². The highest BCUT2D eigenvalue weighted by molar-refractivity contribution is 5.79. The van der Waals surface area contributed by atoms with Crippen molar-refractivity contribution >= 4 is 6.21 Å². The highest BCUT2D eigenvalue weighted by Gasteiger charge is 2.31. The van der Waals surface area contributed by atoms with E-state index in [9.17, 15) is 17.6 Å². The number of rotatable bonds is 2. The van der Waals surface area contributed by atoms with E-state index in [-0.39, 0.29) is 5.56 Å². The first kappa shape index (κ1) is 11.3. The van der Waals surface area contributed by atoms with Crippen LogP contribution in [-0.4, -0.2) is 12.6 Å². The Morgan fingerprint density at radius 1 is 1.27 bits per heavy atom. The molecule has 0 aliphatic rings. The molecular formula is C8H6F4N2O. The van der Waals surface area contributed by atoms with Gasteiger partial charge in [-0.3, -0.25) is 0 Å². The minimum Gasteiger partial charge on any atom is -0.406 e. The van der Waals surface area contributed by atoms with Crippen molar-refractivity contribution in [2.45, 2.75) is 6.36 Å². The predicted octanol–water partition coefficient (Wildman–Crippen LogP) is 2.02. The fourth-order valence-corrected chi connectivity index (χ4v) is 0.938. The summed E-state index contributed by atoms with van der Waals surface area (Å²) in [4.78, 5) is 0. The largest absolute Gasteiger partial charge is 0.573 e. The number of alkyl halides is 3. The monoisotopic (exact) mass is 222 g/mol. The molecule has 0 amide bonds. The molecule has 7 heteroatoms. The summed E-state index contributed by atoms with van der Waals surface area (Å²) in [7, 11) is 0. The van der Waals surface area contributed by atoms with Crippen LogP contribution in [-0.2, 0) is 0 Å². The van der Waals surface area contributed by atoms with Crippen molar-refractivity contribution in [3.8, 4) is 5.75 Å². The van der Waals surface area contributed by atoms with Crippen molar-refractivity contribution in [1.82, 2.24) is 0 Å². The number of hydrogen-bond donors (Lipinski definition) is 1. The third-order valence-electron chi connectivity index (χ3n) is 1.35. The van der Waals surface area contributed by atoms with Crippen molar-refractivity contribution in [1.29, 1.82) is 0 Å². The standard InChI is InChI=1S/C8H6F4N2O/c9-6-1-5(4-14-13)2-7(3-6)15-8(10,11)12/h1-4H,13H2. The van der Waals surface area contributed by atoms with E-state index >= 15 is 0 Å². The topological polar surface area (TPSA) is 47.6 Å². The van der Waals surface area contributed by atoms with Gasteiger partial charge in [-0.2, -0.15) is 5.10 Å². The van der Waals surface area contributed by atoms with E-state index in [1.54, 1.807) is 0 Å². The van der Waals surface area contributed by atoms with Crippen molar-refractivity contribution in [2.75, 3.05) is 0 Å². The summed E-state index contributed by atoms with van der Waals surface area (Å²) >= 11 is 0. The lowest BCUT2D eigenvalue weighted by Gasteiger charge is -2.09. The SMILES string of the molecule is NN=Cc1cc(F)cc(OC(F)(F)F)c1. The lowest BCUT2D eigenvalue weighted by molar-refractivity contribution is -0.274. The Kier molecular flexibility index (Phi) is 3.13. The van der Waals surface area contributed by atoms with Crippen LogP contribution in [0.15, 0.2) is 23.3 Å². The number of ether oxygens (including phenoxy) is 1. The first-order valence-corrected chi connectivity index (χ1v) is 3.70. The number of nitrogens with zero attached hydrogens (tertiary/aromatic N) is 1. The van der Waals surface area contributed by atoms with Gasteiger partial charge < -0.3 is 10.6 Å². The Bertz CT molecular complexity index is 375. The minimum atomic E-state index is -4.86. The highest BCUT2D eigenvalue weighted by atomic mass is 19.4. The molecule has 1 aromatic carbocycles. The molecule has 1 rings (SSSR count). The average molecular weight is 222 g/mol. The van der Waals surface area contributed by atoms with Crippen LogP contribution in [0.4, 0.5) is 17.6 Å². The minimum absolute atomic E-state index is 0.0803. The van der Waals surface area contributed by atoms with Crippen LogP contribution >= 0.6 is 0 Å². The summed E-state index contributed by atoms with van der Waals surface area (Å²) in [5.74, 6) is 3.25. The Labute approximate surface area is 82.1 Å². The lowest BCUT2D eigenvalue weighted by atomic mass is 10.2. The zero-order chi connectivity index (χ0) is 11.5. The van der Waals surface area contributed by atoms with Crippen molar-refractivity contribution in [3.63, 3.8) is 0 Å². The zero-order valence-electron chi connectivity index (χ0n) is 7.25. The molecule has 2 N–H and O–H groups in total. The number of hydrogen-bond acceptors (Lipinski definition) is 3. The van der Waals surface area contributed by atoms with Crippen LogP contribution in [0.25, 0.3) is 0 Å². The summed E-state index contributed by atoms with van der Waals surface area (Å²) in [5, 5.41) is 3.06. The summed E-state index contributed by atoms with van der Waals surface area (Å²) in [6.07, 6.45) is -3.85. The smallest absolute Gasteiger partial charge is 0.406 e. The molecule has 0 unspecified atom stereocenters. The Hall–Kier alpha value is -1.79. The zero-order valence-corrected chi connectivity index (χ0v) is 7.25. The molecule has 0 spiro atoms. The number of nitrogens with two attached hydrogens (primary N) is 1. The average Bonchev–Trinajstić information content (AvgIpc) is 1.99. The van der Waals surface area contributed by atoms with Gasteiger partial charge in [0.15, 0.2) is 0 Å². The fourth-order valence-electron chi connectivity index (χ4n) is 0.938. The first-order valence-electron chi connectivity index (χ1n) is 3.70. The molecule has 82 valence electrons. The third-order valence-corrected chi connectivity index (χ3v) is 1.35. The van der Waals surface area contributed by atoms with Gasteiger partial charge in [-0.05, 0) is 12.1 Å². The van der Waals surface area contributed by atoms with Gasteiger partial charge in [-0.15, -0.1) is 13.2 Å². The molecule has 15 heavy (non-hydrogen) atoms. The van der Waals surface area contributed by atoms with Gasteiger partial charge in [-0.25, -0.2) is 4.39 Å². The summed E-state index contributed by atoms with van der Waals surface area (Å²) in [5.41, 5.74) is 0.0803. The van der Waals surface area contributed by atoms with E-state index in [1.807, 2.05) is 0 Å². The van der Waals surface area contributed by atoms with Crippen LogP contribution in [0.2, 0.25) is 0 Å². The van der Waals surface area contributed by atoms with E-state index in [2.05, 4.69) is 9.84 Å². The molecule has 0 saturated carbocycles. The van der Waals surface area contributed by atoms with E-state index in [0.717, 1.165) is 18.3 Å². The highest BCUT2D eigenvalue weighted by Crippen LogP contribution is 2.24. The van der Waals surface area contributed by atoms with Gasteiger partial charge in [0.05, 0.1) is 6.21 Å². The normalized spacial score (nSPS) is 12.0. The van der Waals surface area contributed by atoms with Crippen LogP contribution in [0, 0.1) is 5.82 Å². The Balaban J connectivity index is 2.99. The summed E-state index contributed by atoms with van der Waals surface area (Å²) in [6, 6.07) is 2.55. The van der Waals surface area contributed by atoms with Gasteiger partial charge in [0.25, 0.3) is 0 Å². The number of halogens is 4. The molecule has 1 aromatic rings. The van der Waals surface area contributed by atoms with Crippen LogP contribution in [0.5, 0.6) is 5.75 Å². The van der Waals surface area contributed by atoms with Gasteiger partial charge in [0.2, 0.25) is 0 Å². The first-order chi connectivity index (χ1) is 6.90. The van der Waals surface area contributed by atoms with E-state index in [4.69, 9.17) is 5.84 Å². The number of hydrazone groups is 1. The van der Waals surface area contributed by atoms with Crippen LogP contribution < -0.4 is 10.6 Å². The molecule has 0 atom stereocenters. The van der Waals surface area contributed by atoms with Crippen molar-refractivity contribution < 1.29 is 22.3 Å². The molecule has 0 bridgehead atoms.